The molecule has 0 saturated carbocycles. The van der Waals surface area contributed by atoms with Crippen LogP contribution >= 0.6 is 0 Å². The largest absolute Gasteiger partial charge is 0.497 e. The summed E-state index contributed by atoms with van der Waals surface area (Å²) in [4.78, 5) is 40.2. The molecule has 10 heteroatoms. The highest BCUT2D eigenvalue weighted by molar-refractivity contribution is 7.92. The van der Waals surface area contributed by atoms with Crippen LogP contribution in [-0.2, 0) is 26.2 Å². The number of carbonyl (C=O) groups is 3. The van der Waals surface area contributed by atoms with E-state index in [1.54, 1.807) is 50.4 Å². The molecule has 0 unspecified atom stereocenters. The Hall–Kier alpha value is -3.40. The zero-order valence-corrected chi connectivity index (χ0v) is 23.2. The zero-order valence-electron chi connectivity index (χ0n) is 22.4. The standard InChI is InChI=1S/C27H37N3O6S/c1-7-19(3)28-27(33)25(8-2)29(17-21-12-14-24(36-5)15-13-21)26(32)18-30(37(6,34)35)23-11-9-10-22(16-23)20(4)31/h9-16,19,25H,7-8,17-18H2,1-6H3,(H,28,33)/t19-,25+/m1/s1. The van der Waals surface area contributed by atoms with Crippen LogP contribution in [0.5, 0.6) is 5.75 Å². The SMILES string of the molecule is CC[C@@H](C)NC(=O)[C@H](CC)N(Cc1ccc(OC)cc1)C(=O)CN(c1cccc(C(C)=O)c1)S(C)(=O)=O. The molecule has 0 aliphatic carbocycles. The van der Waals surface area contributed by atoms with Crippen LogP contribution in [0.1, 0.15) is 56.5 Å². The van der Waals surface area contributed by atoms with Crippen molar-refractivity contribution < 1.29 is 27.5 Å². The predicted octanol–water partition coefficient (Wildman–Crippen LogP) is 3.39. The number of ketones is 1. The van der Waals surface area contributed by atoms with E-state index in [4.69, 9.17) is 4.74 Å². The highest BCUT2D eigenvalue weighted by Gasteiger charge is 2.32. The first-order valence-corrected chi connectivity index (χ1v) is 14.1. The summed E-state index contributed by atoms with van der Waals surface area (Å²) in [5.41, 5.74) is 1.28. The van der Waals surface area contributed by atoms with Gasteiger partial charge in [0.15, 0.2) is 5.78 Å². The number of nitrogens with one attached hydrogen (secondary N) is 1. The maximum Gasteiger partial charge on any atom is 0.244 e. The molecule has 0 aliphatic rings. The van der Waals surface area contributed by atoms with E-state index in [2.05, 4.69) is 5.32 Å². The van der Waals surface area contributed by atoms with Gasteiger partial charge >= 0.3 is 0 Å². The third-order valence-electron chi connectivity index (χ3n) is 6.12. The number of benzene rings is 2. The Labute approximate surface area is 219 Å². The second-order valence-corrected chi connectivity index (χ2v) is 10.9. The minimum atomic E-state index is -3.89. The fraction of sp³-hybridized carbons (Fsp3) is 0.444. The Kier molecular flexibility index (Phi) is 10.7. The summed E-state index contributed by atoms with van der Waals surface area (Å²) in [7, 11) is -2.34. The van der Waals surface area contributed by atoms with Crippen LogP contribution in [0, 0.1) is 0 Å². The Morgan fingerprint density at radius 3 is 2.19 bits per heavy atom. The summed E-state index contributed by atoms with van der Waals surface area (Å²) in [5.74, 6) is -0.420. The van der Waals surface area contributed by atoms with Crippen molar-refractivity contribution in [3.8, 4) is 5.75 Å². The number of hydrogen-bond acceptors (Lipinski definition) is 6. The van der Waals surface area contributed by atoms with Gasteiger partial charge in [-0.15, -0.1) is 0 Å². The van der Waals surface area contributed by atoms with E-state index in [0.29, 0.717) is 17.7 Å². The highest BCUT2D eigenvalue weighted by atomic mass is 32.2. The van der Waals surface area contributed by atoms with Crippen LogP contribution in [0.15, 0.2) is 48.5 Å². The van der Waals surface area contributed by atoms with E-state index in [0.717, 1.165) is 22.5 Å². The second-order valence-electron chi connectivity index (χ2n) is 8.99. The van der Waals surface area contributed by atoms with Crippen molar-refractivity contribution in [1.29, 1.82) is 0 Å². The number of amides is 2. The van der Waals surface area contributed by atoms with Crippen LogP contribution in [0.25, 0.3) is 0 Å². The fourth-order valence-corrected chi connectivity index (χ4v) is 4.62. The molecule has 0 bridgehead atoms. The lowest BCUT2D eigenvalue weighted by molar-refractivity contribution is -0.140. The van der Waals surface area contributed by atoms with Crippen molar-refractivity contribution in [2.75, 3.05) is 24.2 Å². The Morgan fingerprint density at radius 1 is 1.03 bits per heavy atom. The summed E-state index contributed by atoms with van der Waals surface area (Å²) in [6.45, 7) is 6.59. The van der Waals surface area contributed by atoms with Crippen LogP contribution in [0.3, 0.4) is 0 Å². The Morgan fingerprint density at radius 2 is 1.68 bits per heavy atom. The third-order valence-corrected chi connectivity index (χ3v) is 7.26. The molecule has 0 radical (unpaired) electrons. The third kappa shape index (κ3) is 8.31. The summed E-state index contributed by atoms with van der Waals surface area (Å²) < 4.78 is 31.6. The zero-order chi connectivity index (χ0) is 27.8. The molecule has 2 aromatic rings. The molecule has 1 N–H and O–H groups in total. The molecule has 2 aromatic carbocycles. The molecule has 2 amide bonds. The molecule has 37 heavy (non-hydrogen) atoms. The number of sulfonamides is 1. The molecular formula is C27H37N3O6S. The van der Waals surface area contributed by atoms with E-state index >= 15 is 0 Å². The molecule has 0 heterocycles. The van der Waals surface area contributed by atoms with Crippen molar-refractivity contribution in [3.05, 3.63) is 59.7 Å². The van der Waals surface area contributed by atoms with Crippen molar-refractivity contribution >= 4 is 33.3 Å². The monoisotopic (exact) mass is 531 g/mol. The van der Waals surface area contributed by atoms with Crippen LogP contribution < -0.4 is 14.4 Å². The molecule has 9 nitrogen and oxygen atoms in total. The summed E-state index contributed by atoms with van der Waals surface area (Å²) in [5, 5.41) is 2.93. The lowest BCUT2D eigenvalue weighted by Gasteiger charge is -2.33. The van der Waals surface area contributed by atoms with Gasteiger partial charge < -0.3 is 15.0 Å². The molecular weight excluding hydrogens is 494 g/mol. The summed E-state index contributed by atoms with van der Waals surface area (Å²) in [6.07, 6.45) is 2.06. The smallest absolute Gasteiger partial charge is 0.244 e. The van der Waals surface area contributed by atoms with E-state index in [-0.39, 0.29) is 30.0 Å². The van der Waals surface area contributed by atoms with Gasteiger partial charge in [0.2, 0.25) is 21.8 Å². The molecule has 0 saturated heterocycles. The number of carbonyl (C=O) groups excluding carboxylic acids is 3. The molecule has 0 spiro atoms. The van der Waals surface area contributed by atoms with E-state index < -0.39 is 28.5 Å². The van der Waals surface area contributed by atoms with Gasteiger partial charge in [0.05, 0.1) is 19.1 Å². The molecule has 0 aromatic heterocycles. The number of ether oxygens (including phenoxy) is 1. The van der Waals surface area contributed by atoms with Gasteiger partial charge in [0.1, 0.15) is 18.3 Å². The van der Waals surface area contributed by atoms with Crippen molar-refractivity contribution in [2.24, 2.45) is 0 Å². The lowest BCUT2D eigenvalue weighted by Crippen LogP contribution is -2.53. The Balaban J connectivity index is 2.47. The fourth-order valence-electron chi connectivity index (χ4n) is 3.78. The van der Waals surface area contributed by atoms with Gasteiger partial charge in [-0.1, -0.05) is 38.1 Å². The normalized spacial score (nSPS) is 12.8. The van der Waals surface area contributed by atoms with Crippen LogP contribution in [0.4, 0.5) is 5.69 Å². The second kappa shape index (κ2) is 13.2. The number of methoxy groups -OCH3 is 1. The van der Waals surface area contributed by atoms with E-state index in [1.807, 2.05) is 13.8 Å². The average molecular weight is 532 g/mol. The topological polar surface area (TPSA) is 113 Å². The Bertz CT molecular complexity index is 1200. The maximum absolute atomic E-state index is 13.7. The first-order chi connectivity index (χ1) is 17.4. The van der Waals surface area contributed by atoms with Gasteiger partial charge in [0.25, 0.3) is 0 Å². The van der Waals surface area contributed by atoms with Gasteiger partial charge in [-0.25, -0.2) is 8.42 Å². The lowest BCUT2D eigenvalue weighted by atomic mass is 10.1. The number of Topliss-reactive ketones (excluding diaryl/α,β-unsaturated/α-hetero) is 1. The quantitative estimate of drug-likeness (QED) is 0.397. The molecule has 202 valence electrons. The van der Waals surface area contributed by atoms with E-state index in [9.17, 15) is 22.8 Å². The first-order valence-electron chi connectivity index (χ1n) is 12.2. The van der Waals surface area contributed by atoms with Gasteiger partial charge in [-0.05, 0) is 56.5 Å². The van der Waals surface area contributed by atoms with Gasteiger partial charge in [-0.2, -0.15) is 0 Å². The molecule has 0 aliphatic heterocycles. The number of hydrogen-bond donors (Lipinski definition) is 1. The summed E-state index contributed by atoms with van der Waals surface area (Å²) in [6, 6.07) is 12.3. The van der Waals surface area contributed by atoms with E-state index in [1.165, 1.54) is 24.0 Å². The van der Waals surface area contributed by atoms with Crippen molar-refractivity contribution in [2.45, 2.75) is 59.2 Å². The predicted molar refractivity (Wildman–Crippen MR) is 144 cm³/mol. The minimum Gasteiger partial charge on any atom is -0.497 e. The number of rotatable bonds is 13. The molecule has 2 atom stereocenters. The van der Waals surface area contributed by atoms with Gasteiger partial charge in [0, 0.05) is 18.2 Å². The number of nitrogens with zero attached hydrogens (tertiary/aromatic N) is 2. The maximum atomic E-state index is 13.7. The number of anilines is 1. The molecule has 0 fully saturated rings. The highest BCUT2D eigenvalue weighted by Crippen LogP contribution is 2.22. The van der Waals surface area contributed by atoms with Crippen molar-refractivity contribution in [1.82, 2.24) is 10.2 Å². The van der Waals surface area contributed by atoms with Crippen LogP contribution in [-0.4, -0.2) is 62.9 Å². The molecule has 2 rings (SSSR count). The van der Waals surface area contributed by atoms with Crippen LogP contribution in [0.2, 0.25) is 0 Å². The van der Waals surface area contributed by atoms with Crippen molar-refractivity contribution in [3.63, 3.8) is 0 Å². The summed E-state index contributed by atoms with van der Waals surface area (Å²) >= 11 is 0. The average Bonchev–Trinajstić information content (AvgIpc) is 2.86. The minimum absolute atomic E-state index is 0.0821. The van der Waals surface area contributed by atoms with Gasteiger partial charge in [-0.3, -0.25) is 18.7 Å². The first kappa shape index (κ1) is 29.8.